The Bertz CT molecular complexity index is 918. The maximum Gasteiger partial charge on any atom is 0.339 e. The fourth-order valence-electron chi connectivity index (χ4n) is 2.52. The summed E-state index contributed by atoms with van der Waals surface area (Å²) in [6.45, 7) is 4.03. The molecule has 0 saturated carbocycles. The molecule has 3 N–H and O–H groups in total. The summed E-state index contributed by atoms with van der Waals surface area (Å²) in [6.07, 6.45) is 0. The predicted molar refractivity (Wildman–Crippen MR) is 108 cm³/mol. The Kier molecular flexibility index (Phi) is 8.56. The van der Waals surface area contributed by atoms with Gasteiger partial charge in [-0.05, 0) is 35.2 Å². The van der Waals surface area contributed by atoms with Gasteiger partial charge in [0.1, 0.15) is 5.82 Å². The van der Waals surface area contributed by atoms with E-state index in [0.29, 0.717) is 5.92 Å². The van der Waals surface area contributed by atoms with E-state index in [1.807, 2.05) is 24.3 Å². The highest BCUT2D eigenvalue weighted by Gasteiger charge is 2.24. The normalized spacial score (nSPS) is 12.4. The first-order valence-corrected chi connectivity index (χ1v) is 9.87. The van der Waals surface area contributed by atoms with Crippen molar-refractivity contribution in [3.63, 3.8) is 0 Å². The van der Waals surface area contributed by atoms with Gasteiger partial charge in [0.15, 0.2) is 0 Å². The Labute approximate surface area is 170 Å². The van der Waals surface area contributed by atoms with Crippen molar-refractivity contribution in [3.8, 4) is 0 Å². The Hall–Kier alpha value is -2.00. The fourth-order valence-corrected chi connectivity index (χ4v) is 3.78. The molecule has 0 aliphatic rings. The zero-order chi connectivity index (χ0) is 20.2. The summed E-state index contributed by atoms with van der Waals surface area (Å²) >= 11 is 0. The molecule has 2 aromatic carbocycles. The van der Waals surface area contributed by atoms with Crippen molar-refractivity contribution in [2.75, 3.05) is 13.7 Å². The van der Waals surface area contributed by atoms with Gasteiger partial charge in [0.25, 0.3) is 0 Å². The molecule has 0 amide bonds. The molecular weight excluding hydrogens is 407 g/mol. The second-order valence-electron chi connectivity index (χ2n) is 6.41. The van der Waals surface area contributed by atoms with Gasteiger partial charge < -0.3 is 10.5 Å². The third kappa shape index (κ3) is 5.75. The monoisotopic (exact) mass is 430 g/mol. The van der Waals surface area contributed by atoms with E-state index in [2.05, 4.69) is 23.3 Å². The Morgan fingerprint density at radius 2 is 1.71 bits per heavy atom. The summed E-state index contributed by atoms with van der Waals surface area (Å²) in [6, 6.07) is 9.81. The number of hydrogen-bond acceptors (Lipinski definition) is 5. The van der Waals surface area contributed by atoms with E-state index in [0.717, 1.165) is 36.4 Å². The summed E-state index contributed by atoms with van der Waals surface area (Å²) in [7, 11) is -3.05. The molecule has 28 heavy (non-hydrogen) atoms. The number of benzene rings is 2. The van der Waals surface area contributed by atoms with Crippen LogP contribution in [-0.2, 0) is 14.8 Å². The van der Waals surface area contributed by atoms with Gasteiger partial charge in [-0.1, -0.05) is 38.1 Å². The minimum Gasteiger partial charge on any atom is -0.465 e. The Morgan fingerprint density at radius 1 is 1.14 bits per heavy atom. The molecule has 0 fully saturated rings. The number of ether oxygens (including phenoxy) is 1. The van der Waals surface area contributed by atoms with E-state index in [4.69, 9.17) is 5.73 Å². The molecule has 0 aliphatic carbocycles. The summed E-state index contributed by atoms with van der Waals surface area (Å²) in [5.41, 5.74) is 7.72. The third-order valence-electron chi connectivity index (χ3n) is 4.16. The minimum absolute atomic E-state index is 0. The third-order valence-corrected chi connectivity index (χ3v) is 5.63. The first-order valence-electron chi connectivity index (χ1n) is 8.38. The van der Waals surface area contributed by atoms with E-state index >= 15 is 0 Å². The number of halogens is 2. The van der Waals surface area contributed by atoms with Crippen molar-refractivity contribution in [2.24, 2.45) is 5.73 Å². The van der Waals surface area contributed by atoms with E-state index in [-0.39, 0.29) is 24.5 Å². The van der Waals surface area contributed by atoms with Gasteiger partial charge in [-0.2, -0.15) is 0 Å². The van der Waals surface area contributed by atoms with Crippen LogP contribution in [0.5, 0.6) is 0 Å². The van der Waals surface area contributed by atoms with Crippen molar-refractivity contribution in [1.82, 2.24) is 4.72 Å². The van der Waals surface area contributed by atoms with Gasteiger partial charge in [0, 0.05) is 12.6 Å². The second kappa shape index (κ2) is 9.97. The summed E-state index contributed by atoms with van der Waals surface area (Å²) in [5, 5.41) is 0. The fraction of sp³-hybridized carbons (Fsp3) is 0.316. The van der Waals surface area contributed by atoms with Gasteiger partial charge in [0.05, 0.1) is 17.6 Å². The van der Waals surface area contributed by atoms with Crippen LogP contribution in [0.15, 0.2) is 47.4 Å². The van der Waals surface area contributed by atoms with E-state index in [1.54, 1.807) is 0 Å². The number of nitrogens with two attached hydrogens (primary N) is 1. The van der Waals surface area contributed by atoms with E-state index < -0.39 is 32.7 Å². The topological polar surface area (TPSA) is 98.5 Å². The molecule has 154 valence electrons. The molecule has 9 heteroatoms. The van der Waals surface area contributed by atoms with Crippen LogP contribution < -0.4 is 10.5 Å². The molecule has 2 rings (SSSR count). The number of methoxy groups -OCH3 is 1. The number of sulfonamides is 1. The maximum absolute atomic E-state index is 13.5. The molecule has 6 nitrogen and oxygen atoms in total. The quantitative estimate of drug-likeness (QED) is 0.657. The van der Waals surface area contributed by atoms with Gasteiger partial charge in [0.2, 0.25) is 10.0 Å². The number of hydrogen-bond donors (Lipinski definition) is 2. The second-order valence-corrected chi connectivity index (χ2v) is 8.15. The molecule has 2 aromatic rings. The first kappa shape index (κ1) is 24.0. The van der Waals surface area contributed by atoms with Crippen LogP contribution in [0.2, 0.25) is 0 Å². The van der Waals surface area contributed by atoms with Crippen molar-refractivity contribution >= 4 is 28.4 Å². The molecule has 0 heterocycles. The van der Waals surface area contributed by atoms with Crippen LogP contribution in [-0.4, -0.2) is 28.0 Å². The lowest BCUT2D eigenvalue weighted by molar-refractivity contribution is 0.0596. The zero-order valence-corrected chi connectivity index (χ0v) is 17.4. The summed E-state index contributed by atoms with van der Waals surface area (Å²) in [4.78, 5) is 11.3. The van der Waals surface area contributed by atoms with Crippen LogP contribution >= 0.6 is 12.4 Å². The van der Waals surface area contributed by atoms with Gasteiger partial charge in [-0.3, -0.25) is 0 Å². The lowest BCUT2D eigenvalue weighted by Gasteiger charge is -2.16. The Morgan fingerprint density at radius 3 is 2.25 bits per heavy atom. The summed E-state index contributed by atoms with van der Waals surface area (Å²) in [5.74, 6) is -1.28. The first-order chi connectivity index (χ1) is 12.7. The predicted octanol–water partition coefficient (Wildman–Crippen LogP) is 3.14. The molecule has 0 aromatic heterocycles. The van der Waals surface area contributed by atoms with Crippen molar-refractivity contribution in [3.05, 3.63) is 65.0 Å². The summed E-state index contributed by atoms with van der Waals surface area (Å²) < 4.78 is 45.6. The van der Waals surface area contributed by atoms with Crippen molar-refractivity contribution in [2.45, 2.75) is 30.7 Å². The van der Waals surface area contributed by atoms with Crippen LogP contribution in [0.1, 0.15) is 47.3 Å². The minimum atomic E-state index is -4.16. The van der Waals surface area contributed by atoms with Gasteiger partial charge in [-0.15, -0.1) is 12.4 Å². The van der Waals surface area contributed by atoms with Crippen molar-refractivity contribution in [1.29, 1.82) is 0 Å². The maximum atomic E-state index is 13.5. The van der Waals surface area contributed by atoms with Crippen molar-refractivity contribution < 1.29 is 22.3 Å². The number of nitrogens with one attached hydrogen (secondary N) is 1. The lowest BCUT2D eigenvalue weighted by Crippen LogP contribution is -2.33. The van der Waals surface area contributed by atoms with Gasteiger partial charge >= 0.3 is 5.97 Å². The number of carbonyl (C=O) groups is 1. The SMILES string of the molecule is COC(=O)c1ccc(F)cc1S(=O)(=O)NCC(N)c1ccc(C(C)C)cc1.Cl. The molecule has 0 aliphatic heterocycles. The van der Waals surface area contributed by atoms with Gasteiger partial charge in [-0.25, -0.2) is 22.3 Å². The van der Waals surface area contributed by atoms with E-state index in [1.165, 1.54) is 0 Å². The highest BCUT2D eigenvalue weighted by atomic mass is 35.5. The standard InChI is InChI=1S/C19H23FN2O4S.ClH/c1-12(2)13-4-6-14(7-5-13)17(21)11-22-27(24,25)18-10-15(20)8-9-16(18)19(23)26-3;/h4-10,12,17,22H,11,21H2,1-3H3;1H. The van der Waals surface area contributed by atoms with Crippen LogP contribution in [0.25, 0.3) is 0 Å². The molecule has 0 radical (unpaired) electrons. The molecule has 0 saturated heterocycles. The largest absolute Gasteiger partial charge is 0.465 e. The highest BCUT2D eigenvalue weighted by Crippen LogP contribution is 2.20. The van der Waals surface area contributed by atoms with Crippen LogP contribution in [0.3, 0.4) is 0 Å². The number of carbonyl (C=O) groups excluding carboxylic acids is 1. The molecule has 1 atom stereocenters. The average Bonchev–Trinajstić information content (AvgIpc) is 2.65. The van der Waals surface area contributed by atoms with E-state index in [9.17, 15) is 17.6 Å². The molecule has 1 unspecified atom stereocenters. The lowest BCUT2D eigenvalue weighted by atomic mass is 9.99. The Balaban J connectivity index is 0.00000392. The molecular formula is C19H24ClFN2O4S. The smallest absolute Gasteiger partial charge is 0.339 e. The highest BCUT2D eigenvalue weighted by molar-refractivity contribution is 7.89. The molecule has 0 spiro atoms. The number of esters is 1. The number of rotatable bonds is 7. The van der Waals surface area contributed by atoms with Crippen LogP contribution in [0, 0.1) is 5.82 Å². The molecule has 0 bridgehead atoms. The van der Waals surface area contributed by atoms with Crippen LogP contribution in [0.4, 0.5) is 4.39 Å². The average molecular weight is 431 g/mol. The zero-order valence-electron chi connectivity index (χ0n) is 15.8.